The maximum Gasteiger partial charge on any atom is 0.252 e. The Hall–Kier alpha value is -2.53. The molecule has 11 heteroatoms. The second kappa shape index (κ2) is 8.91. The highest BCUT2D eigenvalue weighted by Crippen LogP contribution is 2.35. The molecule has 2 aliphatic rings. The standard InChI is InChI=1S/C20H21F3N4O3S/c1-31(29)19-9-18(24-11-25-19)26-4-2-15(16(23)10-26)20(28)27-17(3-5-30-27)12-6-13(21)8-14(22)7-12/h6-9,11,15-17H,2-5,10H2,1H3/t15-,16+,17?,31+/m0/s1. The zero-order valence-electron chi connectivity index (χ0n) is 16.7. The largest absolute Gasteiger partial charge is 0.354 e. The van der Waals surface area contributed by atoms with Gasteiger partial charge in [-0.1, -0.05) is 0 Å². The SMILES string of the molecule is C[S@@](=O)c1cc(N2CC[C@H](C(=O)N3OCCC3c3cc(F)cc(F)c3)[C@H](F)C2)ncn1. The molecule has 2 aromatic rings. The molecule has 0 aliphatic carbocycles. The van der Waals surface area contributed by atoms with Crippen LogP contribution in [0.4, 0.5) is 19.0 Å². The van der Waals surface area contributed by atoms with Gasteiger partial charge in [-0.2, -0.15) is 0 Å². The Bertz CT molecular complexity index is 991. The molecule has 0 spiro atoms. The van der Waals surface area contributed by atoms with Crippen LogP contribution in [0.3, 0.4) is 0 Å². The van der Waals surface area contributed by atoms with Crippen molar-refractivity contribution in [3.8, 4) is 0 Å². The van der Waals surface area contributed by atoms with E-state index in [1.807, 2.05) is 0 Å². The highest BCUT2D eigenvalue weighted by molar-refractivity contribution is 7.84. The number of halogens is 3. The Labute approximate surface area is 179 Å². The summed E-state index contributed by atoms with van der Waals surface area (Å²) >= 11 is 0. The fourth-order valence-electron chi connectivity index (χ4n) is 3.97. The number of piperidine rings is 1. The van der Waals surface area contributed by atoms with Gasteiger partial charge in [0.15, 0.2) is 0 Å². The van der Waals surface area contributed by atoms with Crippen LogP contribution in [0.5, 0.6) is 0 Å². The Balaban J connectivity index is 1.47. The maximum absolute atomic E-state index is 15.0. The molecule has 166 valence electrons. The molecule has 31 heavy (non-hydrogen) atoms. The molecule has 1 aromatic heterocycles. The quantitative estimate of drug-likeness (QED) is 0.661. The number of hydrogen-bond donors (Lipinski definition) is 0. The van der Waals surface area contributed by atoms with E-state index in [1.165, 1.54) is 12.6 Å². The molecule has 2 saturated heterocycles. The van der Waals surface area contributed by atoms with E-state index in [2.05, 4.69) is 9.97 Å². The van der Waals surface area contributed by atoms with Gasteiger partial charge < -0.3 is 4.90 Å². The summed E-state index contributed by atoms with van der Waals surface area (Å²) in [6, 6.07) is 3.94. The first-order valence-corrected chi connectivity index (χ1v) is 11.4. The van der Waals surface area contributed by atoms with Crippen LogP contribution in [-0.2, 0) is 20.4 Å². The Morgan fingerprint density at radius 2 is 1.90 bits per heavy atom. The molecule has 7 nitrogen and oxygen atoms in total. The fourth-order valence-corrected chi connectivity index (χ4v) is 4.44. The molecular weight excluding hydrogens is 433 g/mol. The molecule has 4 atom stereocenters. The minimum absolute atomic E-state index is 0.0731. The average molecular weight is 454 g/mol. The highest BCUT2D eigenvalue weighted by Gasteiger charge is 2.42. The normalized spacial score (nSPS) is 25.0. The van der Waals surface area contributed by atoms with Gasteiger partial charge in [0, 0.05) is 31.4 Å². The number of benzene rings is 1. The summed E-state index contributed by atoms with van der Waals surface area (Å²) in [5.74, 6) is -2.54. The van der Waals surface area contributed by atoms with Crippen LogP contribution in [0.25, 0.3) is 0 Å². The van der Waals surface area contributed by atoms with Crippen molar-refractivity contribution in [3.05, 3.63) is 47.8 Å². The second-order valence-electron chi connectivity index (χ2n) is 7.53. The predicted molar refractivity (Wildman–Crippen MR) is 106 cm³/mol. The van der Waals surface area contributed by atoms with Crippen molar-refractivity contribution in [2.24, 2.45) is 5.92 Å². The molecule has 0 N–H and O–H groups in total. The lowest BCUT2D eigenvalue weighted by atomic mass is 9.93. The Morgan fingerprint density at radius 3 is 2.58 bits per heavy atom. The zero-order valence-corrected chi connectivity index (χ0v) is 17.5. The van der Waals surface area contributed by atoms with Gasteiger partial charge in [-0.3, -0.25) is 13.8 Å². The molecular formula is C20H21F3N4O3S. The number of hydroxylamine groups is 2. The number of carbonyl (C=O) groups is 1. The summed E-state index contributed by atoms with van der Waals surface area (Å²) in [4.78, 5) is 28.2. The summed E-state index contributed by atoms with van der Waals surface area (Å²) in [6.07, 6.45) is 1.84. The lowest BCUT2D eigenvalue weighted by Crippen LogP contribution is -2.49. The van der Waals surface area contributed by atoms with Crippen molar-refractivity contribution in [2.45, 2.75) is 30.1 Å². The maximum atomic E-state index is 15.0. The number of carbonyl (C=O) groups excluding carboxylic acids is 1. The van der Waals surface area contributed by atoms with Crippen LogP contribution in [0.1, 0.15) is 24.4 Å². The van der Waals surface area contributed by atoms with Gasteiger partial charge >= 0.3 is 0 Å². The first-order chi connectivity index (χ1) is 14.8. The minimum Gasteiger partial charge on any atom is -0.354 e. The number of alkyl halides is 1. The second-order valence-corrected chi connectivity index (χ2v) is 8.86. The number of nitrogens with zero attached hydrogens (tertiary/aromatic N) is 4. The van der Waals surface area contributed by atoms with Crippen molar-refractivity contribution in [1.29, 1.82) is 0 Å². The van der Waals surface area contributed by atoms with Gasteiger partial charge in [0.1, 0.15) is 35.0 Å². The number of hydrogen-bond acceptors (Lipinski definition) is 6. The number of amides is 1. The van der Waals surface area contributed by atoms with Gasteiger partial charge in [0.2, 0.25) is 0 Å². The van der Waals surface area contributed by atoms with Gasteiger partial charge in [-0.05, 0) is 24.1 Å². The van der Waals surface area contributed by atoms with Crippen molar-refractivity contribution in [3.63, 3.8) is 0 Å². The number of rotatable bonds is 4. The summed E-state index contributed by atoms with van der Waals surface area (Å²) in [7, 11) is -1.30. The third-order valence-corrected chi connectivity index (χ3v) is 6.31. The van der Waals surface area contributed by atoms with E-state index in [-0.39, 0.29) is 25.1 Å². The van der Waals surface area contributed by atoms with Gasteiger partial charge in [-0.25, -0.2) is 28.2 Å². The van der Waals surface area contributed by atoms with E-state index < -0.39 is 46.5 Å². The van der Waals surface area contributed by atoms with Crippen molar-refractivity contribution < 1.29 is 27.0 Å². The molecule has 2 aliphatic heterocycles. The van der Waals surface area contributed by atoms with E-state index in [0.29, 0.717) is 23.8 Å². The molecule has 0 bridgehead atoms. The topological polar surface area (TPSA) is 75.6 Å². The lowest BCUT2D eigenvalue weighted by molar-refractivity contribution is -0.184. The van der Waals surface area contributed by atoms with Crippen LogP contribution in [-0.4, -0.2) is 57.3 Å². The van der Waals surface area contributed by atoms with Gasteiger partial charge in [0.05, 0.1) is 35.9 Å². The Morgan fingerprint density at radius 1 is 1.16 bits per heavy atom. The van der Waals surface area contributed by atoms with Crippen LogP contribution in [0.15, 0.2) is 35.6 Å². The van der Waals surface area contributed by atoms with E-state index in [9.17, 15) is 17.8 Å². The molecule has 2 fully saturated rings. The molecule has 1 unspecified atom stereocenters. The summed E-state index contributed by atoms with van der Waals surface area (Å²) in [5, 5.41) is 1.40. The third-order valence-electron chi connectivity index (χ3n) is 5.50. The molecule has 4 rings (SSSR count). The predicted octanol–water partition coefficient (Wildman–Crippen LogP) is 2.56. The first kappa shape index (κ1) is 21.7. The molecule has 0 radical (unpaired) electrons. The highest BCUT2D eigenvalue weighted by atomic mass is 32.2. The Kier molecular flexibility index (Phi) is 6.24. The smallest absolute Gasteiger partial charge is 0.252 e. The van der Waals surface area contributed by atoms with Gasteiger partial charge in [-0.15, -0.1) is 0 Å². The summed E-state index contributed by atoms with van der Waals surface area (Å²) in [5.41, 5.74) is 0.275. The molecule has 1 aromatic carbocycles. The van der Waals surface area contributed by atoms with E-state index >= 15 is 4.39 Å². The van der Waals surface area contributed by atoms with Crippen molar-refractivity contribution in [2.75, 3.05) is 30.9 Å². The molecule has 1 amide bonds. The van der Waals surface area contributed by atoms with Crippen LogP contribution < -0.4 is 4.90 Å². The zero-order chi connectivity index (χ0) is 22.1. The number of anilines is 1. The minimum atomic E-state index is -1.50. The van der Waals surface area contributed by atoms with Crippen LogP contribution in [0, 0.1) is 17.6 Å². The lowest BCUT2D eigenvalue weighted by Gasteiger charge is -2.36. The average Bonchev–Trinajstić information content (AvgIpc) is 3.22. The van der Waals surface area contributed by atoms with E-state index in [0.717, 1.165) is 23.3 Å². The van der Waals surface area contributed by atoms with Crippen LogP contribution in [0.2, 0.25) is 0 Å². The monoisotopic (exact) mass is 454 g/mol. The summed E-state index contributed by atoms with van der Waals surface area (Å²) in [6.45, 7) is 0.481. The van der Waals surface area contributed by atoms with Crippen LogP contribution >= 0.6 is 0 Å². The van der Waals surface area contributed by atoms with Crippen molar-refractivity contribution >= 4 is 22.5 Å². The first-order valence-electron chi connectivity index (χ1n) is 9.80. The molecule has 3 heterocycles. The van der Waals surface area contributed by atoms with Crippen molar-refractivity contribution in [1.82, 2.24) is 15.0 Å². The van der Waals surface area contributed by atoms with E-state index in [1.54, 1.807) is 11.0 Å². The third kappa shape index (κ3) is 4.57. The number of aromatic nitrogens is 2. The van der Waals surface area contributed by atoms with E-state index in [4.69, 9.17) is 4.84 Å². The molecule has 0 saturated carbocycles. The fraction of sp³-hybridized carbons (Fsp3) is 0.450. The van der Waals surface area contributed by atoms with Gasteiger partial charge in [0.25, 0.3) is 5.91 Å². The summed E-state index contributed by atoms with van der Waals surface area (Å²) < 4.78 is 53.9.